The number of hydrogen-bond donors (Lipinski definition) is 0. The van der Waals surface area contributed by atoms with E-state index in [4.69, 9.17) is 4.74 Å². The molecule has 2 heterocycles. The van der Waals surface area contributed by atoms with Gasteiger partial charge in [0.05, 0.1) is 6.54 Å². The summed E-state index contributed by atoms with van der Waals surface area (Å²) in [5.74, 6) is 0. The van der Waals surface area contributed by atoms with Gasteiger partial charge in [-0.05, 0) is 12.8 Å². The molecule has 0 saturated carbocycles. The Kier molecular flexibility index (Phi) is 3.94. The molecule has 0 atom stereocenters. The van der Waals surface area contributed by atoms with Crippen molar-refractivity contribution in [3.05, 3.63) is 0 Å². The summed E-state index contributed by atoms with van der Waals surface area (Å²) in [6, 6.07) is 0. The number of nitrogens with zero attached hydrogens (tertiary/aromatic N) is 1. The number of hydrogen-bond acceptors (Lipinski definition) is 3. The Labute approximate surface area is 61.0 Å². The Balaban J connectivity index is 0.0000001000. The first kappa shape index (κ1) is 7.54. The molecule has 2 rings (SSSR count). The molecule has 2 aliphatic heterocycles. The summed E-state index contributed by atoms with van der Waals surface area (Å²) in [6.45, 7) is 3.62. The standard InChI is InChI=1S/C4H8O.C3H5NO/c1-2-4-5-3-1;1-2-5-3-4-1/h1-4H2;3H,1-2H2. The molecular formula is C7H13NO2. The second-order valence-corrected chi connectivity index (χ2v) is 2.20. The predicted molar refractivity (Wildman–Crippen MR) is 39.4 cm³/mol. The van der Waals surface area contributed by atoms with Gasteiger partial charge < -0.3 is 9.47 Å². The molecule has 1 saturated heterocycles. The zero-order chi connectivity index (χ0) is 7.07. The lowest BCUT2D eigenvalue weighted by atomic mass is 10.4. The van der Waals surface area contributed by atoms with Gasteiger partial charge in [-0.15, -0.1) is 0 Å². The van der Waals surface area contributed by atoms with Gasteiger partial charge in [0.2, 0.25) is 0 Å². The van der Waals surface area contributed by atoms with Gasteiger partial charge in [-0.2, -0.15) is 0 Å². The summed E-state index contributed by atoms with van der Waals surface area (Å²) in [4.78, 5) is 3.74. The van der Waals surface area contributed by atoms with Gasteiger partial charge in [-0.25, -0.2) is 0 Å². The second kappa shape index (κ2) is 5.23. The van der Waals surface area contributed by atoms with E-state index in [2.05, 4.69) is 9.73 Å². The van der Waals surface area contributed by atoms with Crippen molar-refractivity contribution in [1.29, 1.82) is 0 Å². The molecule has 1 fully saturated rings. The van der Waals surface area contributed by atoms with Crippen LogP contribution in [0.3, 0.4) is 0 Å². The molecule has 0 aromatic heterocycles. The van der Waals surface area contributed by atoms with Crippen molar-refractivity contribution in [1.82, 2.24) is 0 Å². The topological polar surface area (TPSA) is 30.8 Å². The molecule has 3 heteroatoms. The predicted octanol–water partition coefficient (Wildman–Crippen LogP) is 0.842. The van der Waals surface area contributed by atoms with Crippen LogP contribution in [0.25, 0.3) is 0 Å². The van der Waals surface area contributed by atoms with Crippen LogP contribution in [-0.2, 0) is 9.47 Å². The summed E-state index contributed by atoms with van der Waals surface area (Å²) in [5.41, 5.74) is 0. The Bertz CT molecular complexity index is 86.2. The normalized spacial score (nSPS) is 21.6. The molecule has 0 aromatic rings. The fourth-order valence-corrected chi connectivity index (χ4v) is 0.774. The first-order valence-corrected chi connectivity index (χ1v) is 3.68. The SMILES string of the molecule is C1=NCCO1.C1CCOC1. The number of ether oxygens (including phenoxy) is 2. The highest BCUT2D eigenvalue weighted by Gasteiger charge is 1.94. The van der Waals surface area contributed by atoms with Gasteiger partial charge in [0.25, 0.3) is 0 Å². The first-order valence-electron chi connectivity index (χ1n) is 3.68. The Morgan fingerprint density at radius 1 is 1.10 bits per heavy atom. The van der Waals surface area contributed by atoms with E-state index in [-0.39, 0.29) is 0 Å². The summed E-state index contributed by atoms with van der Waals surface area (Å²) in [7, 11) is 0. The molecule has 0 aliphatic carbocycles. The fraction of sp³-hybridized carbons (Fsp3) is 0.857. The Morgan fingerprint density at radius 2 is 1.90 bits per heavy atom. The molecule has 58 valence electrons. The van der Waals surface area contributed by atoms with Crippen LogP contribution in [0, 0.1) is 0 Å². The first-order chi connectivity index (χ1) is 5.00. The molecule has 0 aromatic carbocycles. The Morgan fingerprint density at radius 3 is 2.10 bits per heavy atom. The zero-order valence-corrected chi connectivity index (χ0v) is 6.08. The second-order valence-electron chi connectivity index (χ2n) is 2.20. The molecule has 10 heavy (non-hydrogen) atoms. The Hall–Kier alpha value is -0.570. The minimum Gasteiger partial charge on any atom is -0.482 e. The average molecular weight is 143 g/mol. The maximum Gasteiger partial charge on any atom is 0.169 e. The maximum atomic E-state index is 4.94. The minimum absolute atomic E-state index is 0.778. The molecular weight excluding hydrogens is 130 g/mol. The van der Waals surface area contributed by atoms with Crippen LogP contribution < -0.4 is 0 Å². The highest BCUT2D eigenvalue weighted by Crippen LogP contribution is 1.98. The lowest BCUT2D eigenvalue weighted by Crippen LogP contribution is -1.80. The molecule has 0 N–H and O–H groups in total. The van der Waals surface area contributed by atoms with Crippen molar-refractivity contribution in [2.45, 2.75) is 12.8 Å². The quantitative estimate of drug-likeness (QED) is 0.503. The molecule has 0 unspecified atom stereocenters. The van der Waals surface area contributed by atoms with Crippen molar-refractivity contribution in [3.8, 4) is 0 Å². The zero-order valence-electron chi connectivity index (χ0n) is 6.08. The van der Waals surface area contributed by atoms with E-state index in [1.807, 2.05) is 0 Å². The minimum atomic E-state index is 0.778. The van der Waals surface area contributed by atoms with Gasteiger partial charge in [-0.1, -0.05) is 0 Å². The third-order valence-corrected chi connectivity index (χ3v) is 1.31. The van der Waals surface area contributed by atoms with E-state index in [9.17, 15) is 0 Å². The van der Waals surface area contributed by atoms with Gasteiger partial charge in [0.1, 0.15) is 6.61 Å². The van der Waals surface area contributed by atoms with Gasteiger partial charge in [-0.3, -0.25) is 4.99 Å². The smallest absolute Gasteiger partial charge is 0.169 e. The lowest BCUT2D eigenvalue weighted by molar-refractivity contribution is 0.198. The largest absolute Gasteiger partial charge is 0.482 e. The average Bonchev–Trinajstić information content (AvgIpc) is 2.67. The molecule has 2 aliphatic rings. The van der Waals surface area contributed by atoms with E-state index in [0.29, 0.717) is 0 Å². The van der Waals surface area contributed by atoms with E-state index in [1.165, 1.54) is 19.2 Å². The van der Waals surface area contributed by atoms with Crippen LogP contribution in [0.5, 0.6) is 0 Å². The summed E-state index contributed by atoms with van der Waals surface area (Å²) in [5, 5.41) is 0. The van der Waals surface area contributed by atoms with Crippen molar-refractivity contribution < 1.29 is 9.47 Å². The van der Waals surface area contributed by atoms with Crippen LogP contribution in [0.1, 0.15) is 12.8 Å². The number of aliphatic imine (C=N–C) groups is 1. The summed E-state index contributed by atoms with van der Waals surface area (Å²) >= 11 is 0. The van der Waals surface area contributed by atoms with Crippen LogP contribution in [-0.4, -0.2) is 32.8 Å². The van der Waals surface area contributed by atoms with Crippen molar-refractivity contribution in [2.75, 3.05) is 26.4 Å². The molecule has 0 bridgehead atoms. The molecule has 0 spiro atoms. The van der Waals surface area contributed by atoms with Gasteiger partial charge in [0, 0.05) is 13.2 Å². The number of rotatable bonds is 0. The highest BCUT2D eigenvalue weighted by molar-refractivity contribution is 5.47. The van der Waals surface area contributed by atoms with Crippen molar-refractivity contribution in [2.24, 2.45) is 4.99 Å². The van der Waals surface area contributed by atoms with Gasteiger partial charge >= 0.3 is 0 Å². The van der Waals surface area contributed by atoms with Crippen LogP contribution in [0.2, 0.25) is 0 Å². The van der Waals surface area contributed by atoms with Crippen molar-refractivity contribution >= 4 is 6.40 Å². The molecule has 0 amide bonds. The van der Waals surface area contributed by atoms with E-state index >= 15 is 0 Å². The van der Waals surface area contributed by atoms with E-state index < -0.39 is 0 Å². The molecule has 3 nitrogen and oxygen atoms in total. The third kappa shape index (κ3) is 3.45. The van der Waals surface area contributed by atoms with Crippen LogP contribution >= 0.6 is 0 Å². The van der Waals surface area contributed by atoms with E-state index in [1.54, 1.807) is 0 Å². The monoisotopic (exact) mass is 143 g/mol. The third-order valence-electron chi connectivity index (χ3n) is 1.31. The van der Waals surface area contributed by atoms with Crippen LogP contribution in [0.4, 0.5) is 0 Å². The maximum absolute atomic E-state index is 4.94. The summed E-state index contributed by atoms with van der Waals surface area (Å²) < 4.78 is 9.60. The van der Waals surface area contributed by atoms with Gasteiger partial charge in [0.15, 0.2) is 6.40 Å². The highest BCUT2D eigenvalue weighted by atomic mass is 16.5. The van der Waals surface area contributed by atoms with Crippen LogP contribution in [0.15, 0.2) is 4.99 Å². The van der Waals surface area contributed by atoms with Crippen molar-refractivity contribution in [3.63, 3.8) is 0 Å². The molecule has 0 radical (unpaired) electrons. The van der Waals surface area contributed by atoms with E-state index in [0.717, 1.165) is 26.4 Å². The summed E-state index contributed by atoms with van der Waals surface area (Å²) in [6.07, 6.45) is 4.04. The fourth-order valence-electron chi connectivity index (χ4n) is 0.774. The lowest BCUT2D eigenvalue weighted by Gasteiger charge is -1.76.